The molecule has 1 fully saturated rings. The van der Waals surface area contributed by atoms with Gasteiger partial charge in [-0.25, -0.2) is 4.98 Å². The van der Waals surface area contributed by atoms with Gasteiger partial charge in [0.2, 0.25) is 5.95 Å². The first-order chi connectivity index (χ1) is 14.6. The highest BCUT2D eigenvalue weighted by atomic mass is 35.5. The molecule has 0 radical (unpaired) electrons. The average Bonchev–Trinajstić information content (AvgIpc) is 3.47. The summed E-state index contributed by atoms with van der Waals surface area (Å²) >= 11 is 6.11. The van der Waals surface area contributed by atoms with Crippen molar-refractivity contribution in [3.8, 4) is 22.7 Å². The lowest BCUT2D eigenvalue weighted by molar-refractivity contribution is 0.416. The van der Waals surface area contributed by atoms with Crippen molar-refractivity contribution < 1.29 is 4.52 Å². The molecule has 2 N–H and O–H groups in total. The second kappa shape index (κ2) is 7.46. The molecule has 5 rings (SSSR count). The van der Waals surface area contributed by atoms with Crippen LogP contribution in [0.1, 0.15) is 24.6 Å². The molecule has 9 heteroatoms. The predicted molar refractivity (Wildman–Crippen MR) is 115 cm³/mol. The molecule has 30 heavy (non-hydrogen) atoms. The SMILES string of the molecule is Cn1c(-c2ccc(N)nc2)nnc1N1CCC[C@@H]1c1cc(-c2cccc(Cl)c2)on1. The number of aromatic nitrogens is 5. The average molecular weight is 422 g/mol. The van der Waals surface area contributed by atoms with Gasteiger partial charge in [-0.3, -0.25) is 4.57 Å². The quantitative estimate of drug-likeness (QED) is 0.529. The molecule has 4 heterocycles. The molecule has 1 aliphatic rings. The van der Waals surface area contributed by atoms with E-state index in [0.717, 1.165) is 48.0 Å². The van der Waals surface area contributed by atoms with Crippen molar-refractivity contribution in [2.45, 2.75) is 18.9 Å². The summed E-state index contributed by atoms with van der Waals surface area (Å²) in [6, 6.07) is 13.3. The number of nitrogens with zero attached hydrogens (tertiary/aromatic N) is 6. The molecule has 0 unspecified atom stereocenters. The molecular weight excluding hydrogens is 402 g/mol. The van der Waals surface area contributed by atoms with Gasteiger partial charge in [0.1, 0.15) is 11.5 Å². The van der Waals surface area contributed by atoms with Crippen LogP contribution in [0.3, 0.4) is 0 Å². The minimum atomic E-state index is 0.0713. The number of rotatable bonds is 4. The summed E-state index contributed by atoms with van der Waals surface area (Å²) in [6.07, 6.45) is 3.71. The fourth-order valence-electron chi connectivity index (χ4n) is 3.90. The van der Waals surface area contributed by atoms with Gasteiger partial charge in [0.25, 0.3) is 0 Å². The molecule has 1 aliphatic heterocycles. The van der Waals surface area contributed by atoms with Gasteiger partial charge in [-0.05, 0) is 37.1 Å². The zero-order valence-electron chi connectivity index (χ0n) is 16.4. The maximum absolute atomic E-state index is 6.11. The van der Waals surface area contributed by atoms with Crippen molar-refractivity contribution in [1.29, 1.82) is 0 Å². The number of nitrogen functional groups attached to an aromatic ring is 1. The Morgan fingerprint density at radius 3 is 2.83 bits per heavy atom. The van der Waals surface area contributed by atoms with E-state index >= 15 is 0 Å². The van der Waals surface area contributed by atoms with Crippen molar-refractivity contribution in [3.05, 3.63) is 59.4 Å². The van der Waals surface area contributed by atoms with Crippen LogP contribution in [0.25, 0.3) is 22.7 Å². The highest BCUT2D eigenvalue weighted by molar-refractivity contribution is 6.30. The Kier molecular flexibility index (Phi) is 4.63. The fraction of sp³-hybridized carbons (Fsp3) is 0.238. The standard InChI is InChI=1S/C21H20ClN7O/c1-28-20(14-7-8-19(23)24-12-14)25-26-21(28)29-9-3-6-17(29)16-11-18(30-27-16)13-4-2-5-15(22)10-13/h2,4-5,7-8,10-12,17H,3,6,9H2,1H3,(H2,23,24)/t17-/m1/s1. The number of nitrogens with two attached hydrogens (primary N) is 1. The third kappa shape index (κ3) is 3.29. The molecular formula is C21H20ClN7O. The lowest BCUT2D eigenvalue weighted by Gasteiger charge is -2.23. The summed E-state index contributed by atoms with van der Waals surface area (Å²) < 4.78 is 7.60. The van der Waals surface area contributed by atoms with Crippen LogP contribution < -0.4 is 10.6 Å². The van der Waals surface area contributed by atoms with E-state index in [1.807, 2.05) is 48.0 Å². The van der Waals surface area contributed by atoms with Crippen molar-refractivity contribution in [3.63, 3.8) is 0 Å². The Morgan fingerprint density at radius 2 is 2.03 bits per heavy atom. The van der Waals surface area contributed by atoms with Gasteiger partial charge < -0.3 is 15.2 Å². The van der Waals surface area contributed by atoms with E-state index in [1.165, 1.54) is 0 Å². The van der Waals surface area contributed by atoms with E-state index in [1.54, 1.807) is 12.3 Å². The molecule has 0 bridgehead atoms. The first-order valence-electron chi connectivity index (χ1n) is 9.70. The summed E-state index contributed by atoms with van der Waals surface area (Å²) in [4.78, 5) is 6.38. The summed E-state index contributed by atoms with van der Waals surface area (Å²) in [7, 11) is 1.95. The zero-order chi connectivity index (χ0) is 20.7. The number of halogens is 1. The van der Waals surface area contributed by atoms with Gasteiger partial charge in [0, 0.05) is 42.0 Å². The molecule has 1 aromatic carbocycles. The Labute approximate surface area is 178 Å². The van der Waals surface area contributed by atoms with Crippen LogP contribution in [0.2, 0.25) is 5.02 Å². The van der Waals surface area contributed by atoms with Crippen LogP contribution in [0, 0.1) is 0 Å². The van der Waals surface area contributed by atoms with Gasteiger partial charge in [0.05, 0.1) is 6.04 Å². The topological polar surface area (TPSA) is 98.9 Å². The van der Waals surface area contributed by atoms with Crippen LogP contribution in [0.15, 0.2) is 53.2 Å². The highest BCUT2D eigenvalue weighted by Crippen LogP contribution is 2.37. The molecule has 0 aliphatic carbocycles. The van der Waals surface area contributed by atoms with Crippen molar-refractivity contribution >= 4 is 23.4 Å². The minimum absolute atomic E-state index is 0.0713. The zero-order valence-corrected chi connectivity index (χ0v) is 17.1. The van der Waals surface area contributed by atoms with E-state index in [4.69, 9.17) is 21.9 Å². The molecule has 4 aromatic rings. The fourth-order valence-corrected chi connectivity index (χ4v) is 4.09. The molecule has 8 nitrogen and oxygen atoms in total. The summed E-state index contributed by atoms with van der Waals surface area (Å²) in [5, 5.41) is 13.8. The van der Waals surface area contributed by atoms with Crippen LogP contribution in [0.4, 0.5) is 11.8 Å². The molecule has 1 atom stereocenters. The lowest BCUT2D eigenvalue weighted by atomic mass is 10.1. The predicted octanol–water partition coefficient (Wildman–Crippen LogP) is 4.11. The molecule has 1 saturated heterocycles. The third-order valence-corrected chi connectivity index (χ3v) is 5.62. The Hall–Kier alpha value is -3.39. The second-order valence-electron chi connectivity index (χ2n) is 7.33. The number of hydrogen-bond acceptors (Lipinski definition) is 7. The van der Waals surface area contributed by atoms with Crippen LogP contribution in [-0.2, 0) is 7.05 Å². The molecule has 152 valence electrons. The summed E-state index contributed by atoms with van der Waals surface area (Å²) in [6.45, 7) is 0.871. The Morgan fingerprint density at radius 1 is 1.13 bits per heavy atom. The molecule has 0 amide bonds. The first-order valence-corrected chi connectivity index (χ1v) is 10.1. The van der Waals surface area contributed by atoms with E-state index in [2.05, 4.69) is 25.2 Å². The first kappa shape index (κ1) is 18.6. The van der Waals surface area contributed by atoms with Crippen molar-refractivity contribution in [1.82, 2.24) is 24.9 Å². The highest BCUT2D eigenvalue weighted by Gasteiger charge is 2.32. The van der Waals surface area contributed by atoms with Gasteiger partial charge >= 0.3 is 0 Å². The smallest absolute Gasteiger partial charge is 0.227 e. The Balaban J connectivity index is 1.44. The van der Waals surface area contributed by atoms with Crippen molar-refractivity contribution in [2.24, 2.45) is 7.05 Å². The maximum Gasteiger partial charge on any atom is 0.227 e. The van der Waals surface area contributed by atoms with Gasteiger partial charge in [-0.2, -0.15) is 0 Å². The summed E-state index contributed by atoms with van der Waals surface area (Å²) in [5.41, 5.74) is 8.34. The number of hydrogen-bond donors (Lipinski definition) is 1. The van der Waals surface area contributed by atoms with Crippen LogP contribution in [0.5, 0.6) is 0 Å². The number of pyridine rings is 1. The van der Waals surface area contributed by atoms with E-state index in [9.17, 15) is 0 Å². The largest absolute Gasteiger partial charge is 0.384 e. The normalized spacial score (nSPS) is 16.3. The number of anilines is 2. The van der Waals surface area contributed by atoms with Gasteiger partial charge in [0.15, 0.2) is 11.6 Å². The van der Waals surface area contributed by atoms with Gasteiger partial charge in [-0.15, -0.1) is 10.2 Å². The monoisotopic (exact) mass is 421 g/mol. The Bertz CT molecular complexity index is 1180. The van der Waals surface area contributed by atoms with E-state index < -0.39 is 0 Å². The van der Waals surface area contributed by atoms with Crippen molar-refractivity contribution in [2.75, 3.05) is 17.2 Å². The second-order valence-corrected chi connectivity index (χ2v) is 7.77. The van der Waals surface area contributed by atoms with Crippen LogP contribution >= 0.6 is 11.6 Å². The lowest BCUT2D eigenvalue weighted by Crippen LogP contribution is -2.25. The molecule has 0 spiro atoms. The van der Waals surface area contributed by atoms with E-state index in [-0.39, 0.29) is 6.04 Å². The van der Waals surface area contributed by atoms with E-state index in [0.29, 0.717) is 16.6 Å². The minimum Gasteiger partial charge on any atom is -0.384 e. The van der Waals surface area contributed by atoms with Gasteiger partial charge in [-0.1, -0.05) is 28.9 Å². The molecule has 0 saturated carbocycles. The molecule has 3 aromatic heterocycles. The maximum atomic E-state index is 6.11. The third-order valence-electron chi connectivity index (χ3n) is 5.39. The number of benzene rings is 1. The van der Waals surface area contributed by atoms with Crippen LogP contribution in [-0.4, -0.2) is 31.4 Å². The summed E-state index contributed by atoms with van der Waals surface area (Å²) in [5.74, 6) is 2.70.